The van der Waals surface area contributed by atoms with Gasteiger partial charge in [-0.15, -0.1) is 11.3 Å². The van der Waals surface area contributed by atoms with E-state index in [2.05, 4.69) is 15.3 Å². The van der Waals surface area contributed by atoms with E-state index in [1.807, 2.05) is 13.8 Å². The predicted molar refractivity (Wildman–Crippen MR) is 55.4 cm³/mol. The van der Waals surface area contributed by atoms with E-state index in [-0.39, 0.29) is 17.9 Å². The molecule has 2 heterocycles. The van der Waals surface area contributed by atoms with Gasteiger partial charge in [0, 0.05) is 6.20 Å². The Labute approximate surface area is 86.1 Å². The Hall–Kier alpha value is -1.23. The summed E-state index contributed by atoms with van der Waals surface area (Å²) in [6, 6.07) is -0.243. The van der Waals surface area contributed by atoms with Crippen molar-refractivity contribution in [2.45, 2.75) is 19.9 Å². The molecule has 1 atom stereocenters. The molecule has 74 valence electrons. The van der Waals surface area contributed by atoms with Gasteiger partial charge in [0.25, 0.3) is 5.91 Å². The summed E-state index contributed by atoms with van der Waals surface area (Å²) >= 11 is 1.48. The molecule has 1 aliphatic rings. The number of nitrogens with one attached hydrogen (secondary N) is 1. The second-order valence-electron chi connectivity index (χ2n) is 3.52. The first-order chi connectivity index (χ1) is 6.68. The van der Waals surface area contributed by atoms with E-state index in [0.29, 0.717) is 5.84 Å². The Morgan fingerprint density at radius 2 is 2.36 bits per heavy atom. The van der Waals surface area contributed by atoms with Gasteiger partial charge in [-0.25, -0.2) is 0 Å². The molecule has 0 fully saturated rings. The second kappa shape index (κ2) is 3.49. The largest absolute Gasteiger partial charge is 0.308 e. The Morgan fingerprint density at radius 1 is 1.57 bits per heavy atom. The topological polar surface area (TPSA) is 54.4 Å². The highest BCUT2D eigenvalue weighted by Crippen LogP contribution is 2.16. The molecule has 0 saturated heterocycles. The zero-order valence-electron chi connectivity index (χ0n) is 8.02. The van der Waals surface area contributed by atoms with Gasteiger partial charge in [0.1, 0.15) is 11.9 Å². The molecule has 1 aromatic heterocycles. The first kappa shape index (κ1) is 9.33. The van der Waals surface area contributed by atoms with E-state index >= 15 is 0 Å². The number of amides is 1. The Bertz CT molecular complexity index is 369. The molecule has 5 heteroatoms. The Kier molecular flexibility index (Phi) is 2.33. The van der Waals surface area contributed by atoms with Crippen molar-refractivity contribution in [1.82, 2.24) is 10.3 Å². The van der Waals surface area contributed by atoms with Gasteiger partial charge in [-0.3, -0.25) is 14.8 Å². The molecule has 0 bridgehead atoms. The minimum absolute atomic E-state index is 0.0107. The molecule has 0 saturated carbocycles. The van der Waals surface area contributed by atoms with Crippen LogP contribution >= 0.6 is 11.3 Å². The van der Waals surface area contributed by atoms with Crippen LogP contribution in [0.3, 0.4) is 0 Å². The molecule has 1 aromatic rings. The molecule has 0 aromatic carbocycles. The van der Waals surface area contributed by atoms with Crippen molar-refractivity contribution in [1.29, 1.82) is 0 Å². The highest BCUT2D eigenvalue weighted by Gasteiger charge is 2.29. The number of amidine groups is 1. The van der Waals surface area contributed by atoms with Crippen LogP contribution in [0.25, 0.3) is 0 Å². The number of nitrogens with zero attached hydrogens (tertiary/aromatic N) is 2. The number of aliphatic imine (C=N–C) groups is 1. The highest BCUT2D eigenvalue weighted by molar-refractivity contribution is 7.11. The summed E-state index contributed by atoms with van der Waals surface area (Å²) in [4.78, 5) is 20.7. The lowest BCUT2D eigenvalue weighted by Gasteiger charge is -2.06. The molecule has 0 spiro atoms. The predicted octanol–water partition coefficient (Wildman–Crippen LogP) is 1.04. The molecular formula is C9H11N3OS. The standard InChI is InChI=1S/C9H11N3OS/c1-5(2)7-9(13)12-8(11-7)6-3-10-4-14-6/h3-5,7H,1-2H3,(H,11,12,13). The molecule has 1 amide bonds. The minimum Gasteiger partial charge on any atom is -0.308 e. The van der Waals surface area contributed by atoms with Crippen molar-refractivity contribution >= 4 is 23.1 Å². The van der Waals surface area contributed by atoms with E-state index in [1.54, 1.807) is 11.7 Å². The average molecular weight is 209 g/mol. The molecule has 1 unspecified atom stereocenters. The summed E-state index contributed by atoms with van der Waals surface area (Å²) in [5.74, 6) is 0.889. The molecule has 4 nitrogen and oxygen atoms in total. The van der Waals surface area contributed by atoms with Crippen molar-refractivity contribution in [3.05, 3.63) is 16.6 Å². The zero-order chi connectivity index (χ0) is 10.1. The Morgan fingerprint density at radius 3 is 2.86 bits per heavy atom. The lowest BCUT2D eigenvalue weighted by atomic mass is 10.1. The van der Waals surface area contributed by atoms with Gasteiger partial charge in [0.15, 0.2) is 0 Å². The van der Waals surface area contributed by atoms with Gasteiger partial charge >= 0.3 is 0 Å². The van der Waals surface area contributed by atoms with Crippen LogP contribution < -0.4 is 5.32 Å². The monoisotopic (exact) mass is 209 g/mol. The van der Waals surface area contributed by atoms with Crippen LogP contribution in [0.1, 0.15) is 18.7 Å². The number of aromatic nitrogens is 1. The zero-order valence-corrected chi connectivity index (χ0v) is 8.84. The lowest BCUT2D eigenvalue weighted by molar-refractivity contribution is -0.120. The quantitative estimate of drug-likeness (QED) is 0.791. The average Bonchev–Trinajstić information content (AvgIpc) is 2.70. The van der Waals surface area contributed by atoms with Crippen LogP contribution in [0.5, 0.6) is 0 Å². The van der Waals surface area contributed by atoms with Crippen molar-refractivity contribution in [2.75, 3.05) is 0 Å². The number of rotatable bonds is 2. The maximum atomic E-state index is 11.5. The van der Waals surface area contributed by atoms with E-state index in [0.717, 1.165) is 4.88 Å². The van der Waals surface area contributed by atoms with Crippen molar-refractivity contribution in [3.63, 3.8) is 0 Å². The summed E-state index contributed by atoms with van der Waals surface area (Å²) < 4.78 is 0. The smallest absolute Gasteiger partial charge is 0.250 e. The first-order valence-corrected chi connectivity index (χ1v) is 5.34. The second-order valence-corrected chi connectivity index (χ2v) is 4.41. The van der Waals surface area contributed by atoms with Crippen LogP contribution in [0.2, 0.25) is 0 Å². The summed E-state index contributed by atoms with van der Waals surface area (Å²) in [7, 11) is 0. The van der Waals surface area contributed by atoms with Crippen LogP contribution in [0, 0.1) is 5.92 Å². The van der Waals surface area contributed by atoms with Crippen LogP contribution in [0.15, 0.2) is 16.7 Å². The summed E-state index contributed by atoms with van der Waals surface area (Å²) in [6.45, 7) is 3.98. The highest BCUT2D eigenvalue weighted by atomic mass is 32.1. The fourth-order valence-corrected chi connectivity index (χ4v) is 1.90. The lowest BCUT2D eigenvalue weighted by Crippen LogP contribution is -2.31. The molecule has 2 rings (SSSR count). The third kappa shape index (κ3) is 1.55. The Balaban J connectivity index is 2.25. The third-order valence-corrected chi connectivity index (χ3v) is 2.86. The first-order valence-electron chi connectivity index (χ1n) is 4.46. The van der Waals surface area contributed by atoms with Crippen molar-refractivity contribution in [3.8, 4) is 0 Å². The van der Waals surface area contributed by atoms with Gasteiger partial charge in [-0.2, -0.15) is 0 Å². The van der Waals surface area contributed by atoms with Gasteiger partial charge < -0.3 is 5.32 Å². The van der Waals surface area contributed by atoms with Crippen LogP contribution in [-0.4, -0.2) is 22.8 Å². The molecule has 1 aliphatic heterocycles. The van der Waals surface area contributed by atoms with E-state index in [9.17, 15) is 4.79 Å². The minimum atomic E-state index is -0.243. The fourth-order valence-electron chi connectivity index (χ4n) is 1.33. The number of hydrogen-bond acceptors (Lipinski definition) is 4. The SMILES string of the molecule is CC(C)C1N=C(c2cncs2)NC1=O. The third-order valence-electron chi connectivity index (χ3n) is 2.08. The number of thiazole rings is 1. The maximum Gasteiger partial charge on any atom is 0.250 e. The molecule has 14 heavy (non-hydrogen) atoms. The van der Waals surface area contributed by atoms with Gasteiger partial charge in [-0.05, 0) is 5.92 Å². The van der Waals surface area contributed by atoms with Gasteiger partial charge in [0.05, 0.1) is 10.4 Å². The van der Waals surface area contributed by atoms with Crippen LogP contribution in [-0.2, 0) is 4.79 Å². The van der Waals surface area contributed by atoms with Crippen LogP contribution in [0.4, 0.5) is 0 Å². The van der Waals surface area contributed by atoms with E-state index in [4.69, 9.17) is 0 Å². The maximum absolute atomic E-state index is 11.5. The molecular weight excluding hydrogens is 198 g/mol. The van der Waals surface area contributed by atoms with E-state index < -0.39 is 0 Å². The molecule has 0 radical (unpaired) electrons. The van der Waals surface area contributed by atoms with Crippen molar-refractivity contribution in [2.24, 2.45) is 10.9 Å². The number of carbonyl (C=O) groups is 1. The molecule has 0 aliphatic carbocycles. The van der Waals surface area contributed by atoms with E-state index in [1.165, 1.54) is 11.3 Å². The summed E-state index contributed by atoms with van der Waals surface area (Å²) in [6.07, 6.45) is 1.71. The van der Waals surface area contributed by atoms with Gasteiger partial charge in [-0.1, -0.05) is 13.8 Å². The van der Waals surface area contributed by atoms with Crippen molar-refractivity contribution < 1.29 is 4.79 Å². The normalized spacial score (nSPS) is 21.2. The fraction of sp³-hybridized carbons (Fsp3) is 0.444. The number of carbonyl (C=O) groups excluding carboxylic acids is 1. The number of hydrogen-bond donors (Lipinski definition) is 1. The van der Waals surface area contributed by atoms with Gasteiger partial charge in [0.2, 0.25) is 0 Å². The summed E-state index contributed by atoms with van der Waals surface area (Å²) in [5.41, 5.74) is 1.73. The molecule has 1 N–H and O–H groups in total. The summed E-state index contributed by atoms with van der Waals surface area (Å²) in [5, 5.41) is 2.77.